The van der Waals surface area contributed by atoms with Gasteiger partial charge >= 0.3 is 0 Å². The Balaban J connectivity index is 1.92. The van der Waals surface area contributed by atoms with Crippen LogP contribution < -0.4 is 4.90 Å². The first-order chi connectivity index (χ1) is 15.0. The van der Waals surface area contributed by atoms with Gasteiger partial charge in [-0.05, 0) is 43.5 Å². The highest BCUT2D eigenvalue weighted by Crippen LogP contribution is 2.35. The molecule has 0 aliphatic carbocycles. The van der Waals surface area contributed by atoms with Crippen molar-refractivity contribution in [3.8, 4) is 0 Å². The number of carbonyl (C=O) groups excluding carboxylic acids is 2. The summed E-state index contributed by atoms with van der Waals surface area (Å²) in [6.07, 6.45) is 6.71. The predicted molar refractivity (Wildman–Crippen MR) is 128 cm³/mol. The number of likely N-dealkylation sites (N-methyl/N-ethyl adjacent to an activating group) is 1. The molecule has 2 amide bonds. The fourth-order valence-corrected chi connectivity index (χ4v) is 4.25. The quantitative estimate of drug-likeness (QED) is 0.357. The summed E-state index contributed by atoms with van der Waals surface area (Å²) in [5.74, 6) is -0.372. The molecule has 0 spiro atoms. The van der Waals surface area contributed by atoms with Gasteiger partial charge in [-0.25, -0.2) is 0 Å². The van der Waals surface area contributed by atoms with Crippen molar-refractivity contribution in [1.82, 2.24) is 4.90 Å². The van der Waals surface area contributed by atoms with Crippen molar-refractivity contribution >= 4 is 23.1 Å². The third kappa shape index (κ3) is 5.07. The Morgan fingerprint density at radius 1 is 0.839 bits per heavy atom. The number of anilines is 1. The Hall–Kier alpha value is -2.88. The number of carbonyl (C=O) groups is 2. The van der Waals surface area contributed by atoms with Crippen LogP contribution in [-0.4, -0.2) is 30.3 Å². The van der Waals surface area contributed by atoms with Gasteiger partial charge in [0.1, 0.15) is 5.70 Å². The summed E-state index contributed by atoms with van der Waals surface area (Å²) in [4.78, 5) is 30.3. The number of aryl methyl sites for hydroxylation is 2. The van der Waals surface area contributed by atoms with E-state index in [4.69, 9.17) is 0 Å². The third-order valence-corrected chi connectivity index (χ3v) is 6.01. The first-order valence-corrected chi connectivity index (χ1v) is 11.4. The summed E-state index contributed by atoms with van der Waals surface area (Å²) < 4.78 is 0. The first kappa shape index (κ1) is 22.8. The van der Waals surface area contributed by atoms with Crippen molar-refractivity contribution in [2.45, 2.75) is 59.3 Å². The summed E-state index contributed by atoms with van der Waals surface area (Å²) in [7, 11) is 1.87. The van der Waals surface area contributed by atoms with Gasteiger partial charge < -0.3 is 4.90 Å². The van der Waals surface area contributed by atoms with Crippen molar-refractivity contribution in [3.63, 3.8) is 0 Å². The number of hydrogen-bond donors (Lipinski definition) is 0. The second kappa shape index (κ2) is 10.4. The van der Waals surface area contributed by atoms with E-state index in [1.54, 1.807) is 0 Å². The molecule has 2 aromatic rings. The SMILES string of the molecule is CCCCCCCCN1C(=O)C(c2ccc(C)cc2C)=C(N(C)c2ccccc2)C1=O. The molecule has 1 aliphatic heterocycles. The van der Waals surface area contributed by atoms with Gasteiger partial charge in [-0.15, -0.1) is 0 Å². The van der Waals surface area contributed by atoms with Crippen LogP contribution in [0.15, 0.2) is 54.2 Å². The molecule has 1 heterocycles. The van der Waals surface area contributed by atoms with Crippen LogP contribution in [0.5, 0.6) is 0 Å². The molecule has 3 rings (SSSR count). The van der Waals surface area contributed by atoms with Crippen LogP contribution in [0, 0.1) is 13.8 Å². The number of imide groups is 1. The van der Waals surface area contributed by atoms with Crippen LogP contribution in [0.3, 0.4) is 0 Å². The third-order valence-electron chi connectivity index (χ3n) is 6.01. The highest BCUT2D eigenvalue weighted by atomic mass is 16.2. The van der Waals surface area contributed by atoms with E-state index in [2.05, 4.69) is 13.0 Å². The summed E-state index contributed by atoms with van der Waals surface area (Å²) in [5.41, 5.74) is 4.86. The maximum atomic E-state index is 13.5. The monoisotopic (exact) mass is 418 g/mol. The van der Waals surface area contributed by atoms with Gasteiger partial charge in [-0.1, -0.05) is 81.0 Å². The number of hydrogen-bond acceptors (Lipinski definition) is 3. The molecular weight excluding hydrogens is 384 g/mol. The smallest absolute Gasteiger partial charge is 0.278 e. The molecule has 0 radical (unpaired) electrons. The molecule has 0 aromatic heterocycles. The van der Waals surface area contributed by atoms with Gasteiger partial charge in [0.2, 0.25) is 0 Å². The van der Waals surface area contributed by atoms with Crippen molar-refractivity contribution in [2.24, 2.45) is 0 Å². The largest absolute Gasteiger partial charge is 0.339 e. The minimum atomic E-state index is -0.195. The van der Waals surface area contributed by atoms with Crippen LogP contribution >= 0.6 is 0 Å². The lowest BCUT2D eigenvalue weighted by Gasteiger charge is -2.21. The molecule has 0 saturated carbocycles. The Bertz CT molecular complexity index is 962. The van der Waals surface area contributed by atoms with Gasteiger partial charge in [0, 0.05) is 19.3 Å². The van der Waals surface area contributed by atoms with Gasteiger partial charge in [0.05, 0.1) is 5.57 Å². The van der Waals surface area contributed by atoms with Gasteiger partial charge in [0.25, 0.3) is 11.8 Å². The molecule has 4 heteroatoms. The Labute approximate surface area is 186 Å². The second-order valence-electron chi connectivity index (χ2n) is 8.47. The topological polar surface area (TPSA) is 40.6 Å². The molecule has 2 aromatic carbocycles. The van der Waals surface area contributed by atoms with Crippen molar-refractivity contribution in [2.75, 3.05) is 18.5 Å². The van der Waals surface area contributed by atoms with E-state index < -0.39 is 0 Å². The van der Waals surface area contributed by atoms with Crippen LogP contribution in [0.1, 0.15) is 62.1 Å². The molecule has 164 valence electrons. The average molecular weight is 419 g/mol. The molecule has 0 atom stereocenters. The molecule has 4 nitrogen and oxygen atoms in total. The van der Waals surface area contributed by atoms with Crippen LogP contribution in [-0.2, 0) is 9.59 Å². The van der Waals surface area contributed by atoms with Gasteiger partial charge in [0.15, 0.2) is 0 Å². The van der Waals surface area contributed by atoms with Crippen LogP contribution in [0.2, 0.25) is 0 Å². The van der Waals surface area contributed by atoms with E-state index in [0.717, 1.165) is 41.6 Å². The van der Waals surface area contributed by atoms with Crippen molar-refractivity contribution < 1.29 is 9.59 Å². The maximum absolute atomic E-state index is 13.5. The highest BCUT2D eigenvalue weighted by molar-refractivity contribution is 6.36. The van der Waals surface area contributed by atoms with E-state index in [0.29, 0.717) is 17.8 Å². The van der Waals surface area contributed by atoms with Crippen LogP contribution in [0.25, 0.3) is 5.57 Å². The fraction of sp³-hybridized carbons (Fsp3) is 0.407. The van der Waals surface area contributed by atoms with Crippen LogP contribution in [0.4, 0.5) is 5.69 Å². The van der Waals surface area contributed by atoms with Crippen molar-refractivity contribution in [1.29, 1.82) is 0 Å². The molecule has 0 saturated heterocycles. The predicted octanol–water partition coefficient (Wildman–Crippen LogP) is 5.88. The van der Waals surface area contributed by atoms with Gasteiger partial charge in [-0.2, -0.15) is 0 Å². The fourth-order valence-electron chi connectivity index (χ4n) is 4.25. The standard InChI is InChI=1S/C27H34N2O2/c1-5-6-7-8-9-13-18-29-26(30)24(23-17-16-20(2)19-21(23)3)25(27(29)31)28(4)22-14-11-10-12-15-22/h10-12,14-17,19H,5-9,13,18H2,1-4H3. The highest BCUT2D eigenvalue weighted by Gasteiger charge is 2.41. The minimum Gasteiger partial charge on any atom is -0.339 e. The molecule has 0 unspecified atom stereocenters. The molecule has 1 aliphatic rings. The maximum Gasteiger partial charge on any atom is 0.278 e. The lowest BCUT2D eigenvalue weighted by atomic mass is 9.97. The van der Waals surface area contributed by atoms with Gasteiger partial charge in [-0.3, -0.25) is 14.5 Å². The van der Waals surface area contributed by atoms with E-state index in [9.17, 15) is 9.59 Å². The minimum absolute atomic E-state index is 0.178. The molecular formula is C27H34N2O2. The lowest BCUT2D eigenvalue weighted by Crippen LogP contribution is -2.35. The Morgan fingerprint density at radius 3 is 2.19 bits per heavy atom. The summed E-state index contributed by atoms with van der Waals surface area (Å²) >= 11 is 0. The Kier molecular flexibility index (Phi) is 7.67. The number of benzene rings is 2. The first-order valence-electron chi connectivity index (χ1n) is 11.4. The zero-order chi connectivity index (χ0) is 22.4. The Morgan fingerprint density at radius 2 is 1.52 bits per heavy atom. The number of nitrogens with zero attached hydrogens (tertiary/aromatic N) is 2. The molecule has 0 bridgehead atoms. The zero-order valence-electron chi connectivity index (χ0n) is 19.3. The summed E-state index contributed by atoms with van der Waals surface area (Å²) in [6, 6.07) is 15.8. The number of unbranched alkanes of at least 4 members (excludes halogenated alkanes) is 5. The normalized spacial score (nSPS) is 14.0. The number of rotatable bonds is 10. The van der Waals surface area contributed by atoms with E-state index >= 15 is 0 Å². The second-order valence-corrected chi connectivity index (χ2v) is 8.47. The number of para-hydroxylation sites is 1. The molecule has 31 heavy (non-hydrogen) atoms. The van der Waals surface area contributed by atoms with Crippen molar-refractivity contribution in [3.05, 3.63) is 70.9 Å². The average Bonchev–Trinajstić information content (AvgIpc) is 3.00. The van der Waals surface area contributed by atoms with E-state index in [-0.39, 0.29) is 11.8 Å². The zero-order valence-corrected chi connectivity index (χ0v) is 19.3. The van der Waals surface area contributed by atoms with E-state index in [1.165, 1.54) is 24.2 Å². The van der Waals surface area contributed by atoms with E-state index in [1.807, 2.05) is 68.3 Å². The molecule has 0 N–H and O–H groups in total. The molecule has 0 fully saturated rings. The summed E-state index contributed by atoms with van der Waals surface area (Å²) in [5, 5.41) is 0. The summed E-state index contributed by atoms with van der Waals surface area (Å²) in [6.45, 7) is 6.72. The lowest BCUT2D eigenvalue weighted by molar-refractivity contribution is -0.136. The number of amides is 2.